The Kier molecular flexibility index (Phi) is 5.94. The Morgan fingerprint density at radius 1 is 1.12 bits per heavy atom. The molecule has 0 saturated carbocycles. The highest BCUT2D eigenvalue weighted by Crippen LogP contribution is 2.24. The van der Waals surface area contributed by atoms with Crippen LogP contribution in [0.15, 0.2) is 4.52 Å². The molecule has 2 aliphatic heterocycles. The van der Waals surface area contributed by atoms with Gasteiger partial charge in [-0.3, -0.25) is 14.6 Å². The largest absolute Gasteiger partial charge is 0.379 e. The summed E-state index contributed by atoms with van der Waals surface area (Å²) in [5.41, 5.74) is -0.119. The van der Waals surface area contributed by atoms with E-state index in [9.17, 15) is 4.79 Å². The second-order valence-corrected chi connectivity index (χ2v) is 8.19. The fourth-order valence-electron chi connectivity index (χ4n) is 3.27. The summed E-state index contributed by atoms with van der Waals surface area (Å²) in [4.78, 5) is 23.5. The Bertz CT molecular complexity index is 598. The van der Waals surface area contributed by atoms with Gasteiger partial charge >= 0.3 is 0 Å². The second-order valence-electron chi connectivity index (χ2n) is 8.19. The molecule has 0 spiro atoms. The van der Waals surface area contributed by atoms with E-state index in [2.05, 4.69) is 47.6 Å². The maximum Gasteiger partial charge on any atom is 0.243 e. The van der Waals surface area contributed by atoms with Gasteiger partial charge in [0.2, 0.25) is 11.8 Å². The van der Waals surface area contributed by atoms with E-state index in [1.54, 1.807) is 0 Å². The van der Waals surface area contributed by atoms with Gasteiger partial charge in [0, 0.05) is 44.7 Å². The van der Waals surface area contributed by atoms with Crippen molar-refractivity contribution in [1.82, 2.24) is 24.8 Å². The summed E-state index contributed by atoms with van der Waals surface area (Å²) >= 11 is 0. The Hall–Kier alpha value is -1.51. The average Bonchev–Trinajstić information content (AvgIpc) is 3.12. The van der Waals surface area contributed by atoms with E-state index in [0.717, 1.165) is 58.3 Å². The molecule has 0 bridgehead atoms. The molecule has 1 aromatic heterocycles. The van der Waals surface area contributed by atoms with Gasteiger partial charge in [-0.15, -0.1) is 0 Å². The molecule has 0 radical (unpaired) electrons. The first-order valence-corrected chi connectivity index (χ1v) is 9.50. The Balaban J connectivity index is 1.49. The number of piperazine rings is 1. The zero-order valence-corrected chi connectivity index (χ0v) is 16.4. The molecule has 26 heavy (non-hydrogen) atoms. The van der Waals surface area contributed by atoms with E-state index in [4.69, 9.17) is 9.26 Å². The van der Waals surface area contributed by atoms with Crippen molar-refractivity contribution in [3.05, 3.63) is 11.7 Å². The van der Waals surface area contributed by atoms with Crippen LogP contribution < -0.4 is 0 Å². The van der Waals surface area contributed by atoms with Crippen LogP contribution in [0.5, 0.6) is 0 Å². The smallest absolute Gasteiger partial charge is 0.243 e. The molecule has 2 aliphatic rings. The van der Waals surface area contributed by atoms with Crippen LogP contribution in [0, 0.1) is 0 Å². The highest BCUT2D eigenvalue weighted by atomic mass is 16.5. The Labute approximate surface area is 155 Å². The number of nitrogens with zero attached hydrogens (tertiary/aromatic N) is 5. The first-order valence-electron chi connectivity index (χ1n) is 9.50. The van der Waals surface area contributed by atoms with Gasteiger partial charge in [-0.25, -0.2) is 0 Å². The van der Waals surface area contributed by atoms with Crippen molar-refractivity contribution >= 4 is 5.91 Å². The topological polar surface area (TPSA) is 74.9 Å². The van der Waals surface area contributed by atoms with Crippen molar-refractivity contribution < 1.29 is 14.1 Å². The lowest BCUT2D eigenvalue weighted by molar-refractivity contribution is -0.135. The van der Waals surface area contributed by atoms with Crippen LogP contribution in [0.25, 0.3) is 0 Å². The minimum atomic E-state index is -0.119. The molecular weight excluding hydrogens is 334 g/mol. The third-order valence-corrected chi connectivity index (χ3v) is 5.15. The van der Waals surface area contributed by atoms with Gasteiger partial charge in [-0.2, -0.15) is 4.98 Å². The number of aromatic nitrogens is 2. The molecule has 0 aliphatic carbocycles. The molecule has 1 aromatic rings. The number of rotatable bonds is 4. The van der Waals surface area contributed by atoms with E-state index in [1.165, 1.54) is 0 Å². The molecule has 0 N–H and O–H groups in total. The van der Waals surface area contributed by atoms with Crippen LogP contribution in [0.3, 0.4) is 0 Å². The van der Waals surface area contributed by atoms with Crippen molar-refractivity contribution in [1.29, 1.82) is 0 Å². The van der Waals surface area contributed by atoms with Gasteiger partial charge in [0.05, 0.1) is 25.8 Å². The predicted octanol–water partition coefficient (Wildman–Crippen LogP) is 0.905. The van der Waals surface area contributed by atoms with E-state index >= 15 is 0 Å². The van der Waals surface area contributed by atoms with Crippen molar-refractivity contribution in [2.24, 2.45) is 0 Å². The van der Waals surface area contributed by atoms with Gasteiger partial charge in [0.25, 0.3) is 0 Å². The Morgan fingerprint density at radius 3 is 2.35 bits per heavy atom. The monoisotopic (exact) mass is 365 g/mol. The SMILES string of the molecule is C[C@H](c1nc(C(C)(C)C)no1)N1CCN(C(=O)CN2CCOCC2)CC1. The molecule has 3 heterocycles. The molecule has 8 heteroatoms. The molecule has 3 rings (SSSR count). The lowest BCUT2D eigenvalue weighted by Gasteiger charge is -2.38. The first-order chi connectivity index (χ1) is 12.3. The van der Waals surface area contributed by atoms with Gasteiger partial charge in [-0.05, 0) is 6.92 Å². The number of hydrogen-bond donors (Lipinski definition) is 0. The van der Waals surface area contributed by atoms with Crippen LogP contribution in [0.4, 0.5) is 0 Å². The summed E-state index contributed by atoms with van der Waals surface area (Å²) in [5, 5.41) is 4.12. The highest BCUT2D eigenvalue weighted by molar-refractivity contribution is 5.78. The van der Waals surface area contributed by atoms with E-state index in [0.29, 0.717) is 12.4 Å². The van der Waals surface area contributed by atoms with E-state index < -0.39 is 0 Å². The van der Waals surface area contributed by atoms with E-state index in [-0.39, 0.29) is 17.4 Å². The number of ether oxygens (including phenoxy) is 1. The molecule has 2 saturated heterocycles. The van der Waals surface area contributed by atoms with Crippen LogP contribution in [-0.4, -0.2) is 89.8 Å². The minimum absolute atomic E-state index is 0.0649. The normalized spacial score (nSPS) is 21.8. The van der Waals surface area contributed by atoms with Crippen LogP contribution in [0.1, 0.15) is 45.5 Å². The van der Waals surface area contributed by atoms with Gasteiger partial charge in [0.15, 0.2) is 5.82 Å². The van der Waals surface area contributed by atoms with Crippen LogP contribution in [0.2, 0.25) is 0 Å². The summed E-state index contributed by atoms with van der Waals surface area (Å²) in [6, 6.07) is 0.0649. The third kappa shape index (κ3) is 4.61. The van der Waals surface area contributed by atoms with Crippen LogP contribution >= 0.6 is 0 Å². The number of carbonyl (C=O) groups excluding carboxylic acids is 1. The van der Waals surface area contributed by atoms with Gasteiger partial charge in [0.1, 0.15) is 0 Å². The summed E-state index contributed by atoms with van der Waals surface area (Å²) in [6.07, 6.45) is 0. The zero-order chi connectivity index (χ0) is 18.7. The van der Waals surface area contributed by atoms with Crippen molar-refractivity contribution in [2.45, 2.75) is 39.2 Å². The number of hydrogen-bond acceptors (Lipinski definition) is 7. The summed E-state index contributed by atoms with van der Waals surface area (Å²) in [7, 11) is 0. The van der Waals surface area contributed by atoms with Gasteiger partial charge in [-0.1, -0.05) is 25.9 Å². The lowest BCUT2D eigenvalue weighted by atomic mass is 9.96. The first kappa shape index (κ1) is 19.3. The standard InChI is InChI=1S/C18H31N5O3/c1-14(16-19-17(20-26-16)18(2,3)4)22-5-7-23(8-6-22)15(24)13-21-9-11-25-12-10-21/h14H,5-13H2,1-4H3/t14-/m1/s1. The van der Waals surface area contributed by atoms with Crippen LogP contribution in [-0.2, 0) is 14.9 Å². The molecule has 146 valence electrons. The summed E-state index contributed by atoms with van der Waals surface area (Å²) < 4.78 is 10.8. The fraction of sp³-hybridized carbons (Fsp3) is 0.833. The molecular formula is C18H31N5O3. The number of carbonyl (C=O) groups is 1. The molecule has 0 unspecified atom stereocenters. The quantitative estimate of drug-likeness (QED) is 0.785. The maximum absolute atomic E-state index is 12.5. The van der Waals surface area contributed by atoms with Crippen molar-refractivity contribution in [3.63, 3.8) is 0 Å². The maximum atomic E-state index is 12.5. The number of morpholine rings is 1. The van der Waals surface area contributed by atoms with Crippen molar-refractivity contribution in [2.75, 3.05) is 59.0 Å². The lowest BCUT2D eigenvalue weighted by Crippen LogP contribution is -2.52. The predicted molar refractivity (Wildman–Crippen MR) is 96.8 cm³/mol. The second kappa shape index (κ2) is 8.02. The van der Waals surface area contributed by atoms with Gasteiger partial charge < -0.3 is 14.2 Å². The summed E-state index contributed by atoms with van der Waals surface area (Å²) in [6.45, 7) is 15.1. The fourth-order valence-corrected chi connectivity index (χ4v) is 3.27. The highest BCUT2D eigenvalue weighted by Gasteiger charge is 2.30. The molecule has 0 aromatic carbocycles. The van der Waals surface area contributed by atoms with E-state index in [1.807, 2.05) is 4.90 Å². The van der Waals surface area contributed by atoms with Crippen molar-refractivity contribution in [3.8, 4) is 0 Å². The third-order valence-electron chi connectivity index (χ3n) is 5.15. The summed E-state index contributed by atoms with van der Waals surface area (Å²) in [5.74, 6) is 1.61. The molecule has 1 atom stereocenters. The molecule has 2 fully saturated rings. The minimum Gasteiger partial charge on any atom is -0.379 e. The Morgan fingerprint density at radius 2 is 1.77 bits per heavy atom. The molecule has 1 amide bonds. The number of amides is 1. The zero-order valence-electron chi connectivity index (χ0n) is 16.4. The average molecular weight is 365 g/mol. The molecule has 8 nitrogen and oxygen atoms in total.